The van der Waals surface area contributed by atoms with Crippen molar-refractivity contribution in [1.29, 1.82) is 0 Å². The zero-order valence-corrected chi connectivity index (χ0v) is 3.97. The highest BCUT2D eigenvalue weighted by Crippen LogP contribution is 1.77. The summed E-state index contributed by atoms with van der Waals surface area (Å²) >= 11 is 0. The van der Waals surface area contributed by atoms with Crippen molar-refractivity contribution in [2.75, 3.05) is 14.2 Å². The molecule has 0 N–H and O–H groups in total. The Morgan fingerprint density at radius 3 is 1.67 bits per heavy atom. The highest BCUT2D eigenvalue weighted by Gasteiger charge is 1.87. The van der Waals surface area contributed by atoms with Gasteiger partial charge in [-0.15, -0.1) is 0 Å². The Morgan fingerprint density at radius 2 is 1.67 bits per heavy atom. The highest BCUT2D eigenvalue weighted by atomic mass is 16.7. The van der Waals surface area contributed by atoms with Crippen LogP contribution in [0.1, 0.15) is 0 Å². The zero-order chi connectivity index (χ0) is 4.99. The van der Waals surface area contributed by atoms with Crippen LogP contribution in [-0.4, -0.2) is 28.3 Å². The van der Waals surface area contributed by atoms with Crippen LogP contribution in [0.15, 0.2) is 0 Å². The van der Waals surface area contributed by atoms with Crippen molar-refractivity contribution in [2.45, 2.75) is 6.19 Å². The monoisotopic (exact) mass is 86.1 g/mol. The quantitative estimate of drug-likeness (QED) is 0.340. The summed E-state index contributed by atoms with van der Waals surface area (Å²) in [6, 6.07) is 0. The molecule has 0 heterocycles. The SMILES string of the molecule is [B]C(OC)OC. The van der Waals surface area contributed by atoms with Crippen LogP contribution in [0.5, 0.6) is 0 Å². The molecule has 0 atom stereocenters. The molecule has 0 unspecified atom stereocenters. The zero-order valence-electron chi connectivity index (χ0n) is 3.97. The topological polar surface area (TPSA) is 18.5 Å². The lowest BCUT2D eigenvalue weighted by Crippen LogP contribution is -2.11. The first-order valence-corrected chi connectivity index (χ1v) is 1.62. The molecule has 2 radical (unpaired) electrons. The summed E-state index contributed by atoms with van der Waals surface area (Å²) in [6.45, 7) is 0. The van der Waals surface area contributed by atoms with Crippen molar-refractivity contribution in [3.63, 3.8) is 0 Å². The Balaban J connectivity index is 2.75. The van der Waals surface area contributed by atoms with Crippen molar-refractivity contribution in [1.82, 2.24) is 0 Å². The molecule has 0 amide bonds. The van der Waals surface area contributed by atoms with Gasteiger partial charge in [0.2, 0.25) is 0 Å². The number of ether oxygens (including phenoxy) is 2. The third kappa shape index (κ3) is 2.24. The van der Waals surface area contributed by atoms with Gasteiger partial charge < -0.3 is 9.47 Å². The highest BCUT2D eigenvalue weighted by molar-refractivity contribution is 6.09. The molecule has 2 nitrogen and oxygen atoms in total. The second-order valence-electron chi connectivity index (χ2n) is 0.840. The third-order valence-corrected chi connectivity index (χ3v) is 0.465. The van der Waals surface area contributed by atoms with Gasteiger partial charge >= 0.3 is 0 Å². The first kappa shape index (κ1) is 5.98. The van der Waals surface area contributed by atoms with Gasteiger partial charge in [0.05, 0.1) is 0 Å². The van der Waals surface area contributed by atoms with Crippen LogP contribution in [0.25, 0.3) is 0 Å². The molecule has 0 aromatic carbocycles. The van der Waals surface area contributed by atoms with Crippen molar-refractivity contribution in [3.05, 3.63) is 0 Å². The van der Waals surface area contributed by atoms with Crippen LogP contribution in [0.2, 0.25) is 0 Å². The van der Waals surface area contributed by atoms with E-state index in [1.54, 1.807) is 0 Å². The summed E-state index contributed by atoms with van der Waals surface area (Å²) in [7, 11) is 7.99. The predicted octanol–water partition coefficient (Wildman–Crippen LogP) is -0.269. The van der Waals surface area contributed by atoms with E-state index in [2.05, 4.69) is 9.47 Å². The Morgan fingerprint density at radius 1 is 1.33 bits per heavy atom. The van der Waals surface area contributed by atoms with Crippen molar-refractivity contribution in [2.24, 2.45) is 0 Å². The molecule has 0 saturated carbocycles. The average molecular weight is 85.9 g/mol. The van der Waals surface area contributed by atoms with E-state index in [1.165, 1.54) is 14.2 Å². The molecule has 0 fully saturated rings. The first-order valence-electron chi connectivity index (χ1n) is 1.62. The second kappa shape index (κ2) is 3.19. The lowest BCUT2D eigenvalue weighted by atomic mass is 10.1. The predicted molar refractivity (Wildman–Crippen MR) is 23.6 cm³/mol. The van der Waals surface area contributed by atoms with Crippen LogP contribution in [0.4, 0.5) is 0 Å². The van der Waals surface area contributed by atoms with E-state index in [4.69, 9.17) is 7.85 Å². The summed E-state index contributed by atoms with van der Waals surface area (Å²) in [5, 5.41) is 0. The summed E-state index contributed by atoms with van der Waals surface area (Å²) in [4.78, 5) is 0. The van der Waals surface area contributed by atoms with Gasteiger partial charge in [-0.05, 0) is 0 Å². The molecule has 0 aromatic heterocycles. The van der Waals surface area contributed by atoms with E-state index in [9.17, 15) is 0 Å². The van der Waals surface area contributed by atoms with Gasteiger partial charge in [-0.3, -0.25) is 0 Å². The number of hydrogen-bond donors (Lipinski definition) is 0. The molecular weight excluding hydrogens is 78.8 g/mol. The Kier molecular flexibility index (Phi) is 3.18. The lowest BCUT2D eigenvalue weighted by Gasteiger charge is -2.03. The van der Waals surface area contributed by atoms with Gasteiger partial charge in [0.25, 0.3) is 0 Å². The van der Waals surface area contributed by atoms with Crippen LogP contribution in [0.3, 0.4) is 0 Å². The standard InChI is InChI=1S/C3H7BO2/c1-5-3(4)6-2/h3H,1-2H3. The van der Waals surface area contributed by atoms with Gasteiger partial charge in [0, 0.05) is 14.2 Å². The maximum absolute atomic E-state index is 5.03. The van der Waals surface area contributed by atoms with E-state index in [0.717, 1.165) is 0 Å². The molecule has 0 spiro atoms. The third-order valence-electron chi connectivity index (χ3n) is 0.465. The molecule has 0 aliphatic rings. The summed E-state index contributed by atoms with van der Waals surface area (Å²) in [6.07, 6.45) is -0.565. The fourth-order valence-corrected chi connectivity index (χ4v) is 0.0962. The van der Waals surface area contributed by atoms with Crippen molar-refractivity contribution in [3.8, 4) is 0 Å². The van der Waals surface area contributed by atoms with Crippen molar-refractivity contribution < 1.29 is 9.47 Å². The van der Waals surface area contributed by atoms with E-state index < -0.39 is 6.19 Å². The maximum Gasteiger partial charge on any atom is 0.149 e. The van der Waals surface area contributed by atoms with Crippen LogP contribution in [0, 0.1) is 0 Å². The maximum atomic E-state index is 5.03. The normalized spacial score (nSPS) is 9.83. The van der Waals surface area contributed by atoms with E-state index in [0.29, 0.717) is 0 Å². The minimum absolute atomic E-state index is 0.565. The molecule has 6 heavy (non-hydrogen) atoms. The second-order valence-corrected chi connectivity index (χ2v) is 0.840. The van der Waals surface area contributed by atoms with Gasteiger partial charge in [0.1, 0.15) is 14.0 Å². The van der Waals surface area contributed by atoms with E-state index in [1.807, 2.05) is 0 Å². The van der Waals surface area contributed by atoms with Crippen molar-refractivity contribution >= 4 is 7.85 Å². The smallest absolute Gasteiger partial charge is 0.149 e. The van der Waals surface area contributed by atoms with Gasteiger partial charge in [-0.2, -0.15) is 0 Å². The van der Waals surface area contributed by atoms with E-state index in [-0.39, 0.29) is 0 Å². The fraction of sp³-hybridized carbons (Fsp3) is 1.00. The Labute approximate surface area is 38.8 Å². The van der Waals surface area contributed by atoms with Gasteiger partial charge in [-0.1, -0.05) is 0 Å². The largest absolute Gasteiger partial charge is 0.365 e. The minimum atomic E-state index is -0.565. The molecule has 0 aliphatic carbocycles. The average Bonchev–Trinajstić information content (AvgIpc) is 1.65. The molecular formula is C3H7BO2. The number of rotatable bonds is 2. The molecule has 0 aliphatic heterocycles. The molecule has 3 heteroatoms. The summed E-state index contributed by atoms with van der Waals surface area (Å²) < 4.78 is 8.91. The van der Waals surface area contributed by atoms with Gasteiger partial charge in [-0.25, -0.2) is 0 Å². The molecule has 0 aromatic rings. The number of hydrogen-bond acceptors (Lipinski definition) is 2. The molecule has 34 valence electrons. The number of methoxy groups -OCH3 is 2. The van der Waals surface area contributed by atoms with Crippen LogP contribution >= 0.6 is 0 Å². The molecule has 0 bridgehead atoms. The molecule has 0 rings (SSSR count). The van der Waals surface area contributed by atoms with E-state index >= 15 is 0 Å². The fourth-order valence-electron chi connectivity index (χ4n) is 0.0962. The summed E-state index contributed by atoms with van der Waals surface area (Å²) in [5.74, 6) is 0. The lowest BCUT2D eigenvalue weighted by molar-refractivity contribution is -0.0411. The Bertz CT molecular complexity index is 28.0. The molecule has 0 saturated heterocycles. The first-order chi connectivity index (χ1) is 2.81. The van der Waals surface area contributed by atoms with Gasteiger partial charge in [0.15, 0.2) is 0 Å². The minimum Gasteiger partial charge on any atom is -0.365 e. The van der Waals surface area contributed by atoms with Crippen LogP contribution < -0.4 is 0 Å². The Hall–Kier alpha value is -0.0151. The summed E-state index contributed by atoms with van der Waals surface area (Å²) in [5.41, 5.74) is 0. The van der Waals surface area contributed by atoms with Crippen LogP contribution in [-0.2, 0) is 9.47 Å².